The van der Waals surface area contributed by atoms with Crippen molar-refractivity contribution >= 4 is 0 Å². The fourth-order valence-electron chi connectivity index (χ4n) is 1.88. The molecule has 0 amide bonds. The zero-order valence-electron chi connectivity index (χ0n) is 8.19. The van der Waals surface area contributed by atoms with E-state index in [0.29, 0.717) is 5.54 Å². The molecule has 1 saturated carbocycles. The molecule has 1 heterocycles. The fourth-order valence-corrected chi connectivity index (χ4v) is 1.88. The van der Waals surface area contributed by atoms with Gasteiger partial charge < -0.3 is 10.6 Å². The third-order valence-electron chi connectivity index (χ3n) is 3.47. The van der Waals surface area contributed by atoms with Crippen molar-refractivity contribution in [1.82, 2.24) is 10.6 Å². The summed E-state index contributed by atoms with van der Waals surface area (Å²) in [5, 5.41) is 7.10. The molecule has 70 valence electrons. The molecule has 2 rings (SSSR count). The van der Waals surface area contributed by atoms with Gasteiger partial charge in [0.15, 0.2) is 0 Å². The quantitative estimate of drug-likeness (QED) is 0.656. The van der Waals surface area contributed by atoms with Gasteiger partial charge in [-0.25, -0.2) is 0 Å². The van der Waals surface area contributed by atoms with Crippen LogP contribution in [0.2, 0.25) is 0 Å². The molecule has 2 N–H and O–H groups in total. The second-order valence-corrected chi connectivity index (χ2v) is 4.84. The maximum absolute atomic E-state index is 3.67. The Labute approximate surface area is 75.1 Å². The van der Waals surface area contributed by atoms with Gasteiger partial charge in [-0.3, -0.25) is 0 Å². The van der Waals surface area contributed by atoms with Crippen molar-refractivity contribution in [2.45, 2.75) is 32.2 Å². The summed E-state index contributed by atoms with van der Waals surface area (Å²) in [7, 11) is 0. The Morgan fingerprint density at radius 2 is 2.17 bits per heavy atom. The highest BCUT2D eigenvalue weighted by atomic mass is 15.0. The Morgan fingerprint density at radius 1 is 1.42 bits per heavy atom. The van der Waals surface area contributed by atoms with E-state index in [4.69, 9.17) is 0 Å². The molecular weight excluding hydrogens is 148 g/mol. The predicted octanol–water partition coefficient (Wildman–Crippen LogP) is 0.984. The highest BCUT2D eigenvalue weighted by Crippen LogP contribution is 2.34. The molecule has 1 aliphatic heterocycles. The minimum Gasteiger partial charge on any atom is -0.316 e. The molecular formula is C10H20N2. The van der Waals surface area contributed by atoms with Crippen molar-refractivity contribution in [3.63, 3.8) is 0 Å². The van der Waals surface area contributed by atoms with Crippen LogP contribution in [-0.2, 0) is 0 Å². The lowest BCUT2D eigenvalue weighted by atomic mass is 9.98. The van der Waals surface area contributed by atoms with Gasteiger partial charge in [-0.15, -0.1) is 0 Å². The van der Waals surface area contributed by atoms with E-state index in [1.54, 1.807) is 0 Å². The number of nitrogens with one attached hydrogen (secondary N) is 2. The van der Waals surface area contributed by atoms with Crippen LogP contribution in [0.25, 0.3) is 0 Å². The molecule has 0 spiro atoms. The van der Waals surface area contributed by atoms with Crippen molar-refractivity contribution in [2.24, 2.45) is 11.8 Å². The van der Waals surface area contributed by atoms with Gasteiger partial charge in [0.2, 0.25) is 0 Å². The van der Waals surface area contributed by atoms with Crippen LogP contribution in [0.3, 0.4) is 0 Å². The lowest BCUT2D eigenvalue weighted by molar-refractivity contribution is 0.389. The monoisotopic (exact) mass is 168 g/mol. The summed E-state index contributed by atoms with van der Waals surface area (Å²) in [6.45, 7) is 8.32. The maximum Gasteiger partial charge on any atom is 0.0154 e. The molecule has 1 aliphatic carbocycles. The molecule has 2 unspecified atom stereocenters. The summed E-state index contributed by atoms with van der Waals surface area (Å²) >= 11 is 0. The highest BCUT2D eigenvalue weighted by molar-refractivity contribution is 4.98. The molecule has 2 atom stereocenters. The third kappa shape index (κ3) is 1.80. The van der Waals surface area contributed by atoms with Crippen molar-refractivity contribution in [2.75, 3.05) is 19.6 Å². The van der Waals surface area contributed by atoms with E-state index < -0.39 is 0 Å². The van der Waals surface area contributed by atoms with Gasteiger partial charge >= 0.3 is 0 Å². The van der Waals surface area contributed by atoms with Gasteiger partial charge in [0.05, 0.1) is 0 Å². The minimum absolute atomic E-state index is 0.516. The lowest BCUT2D eigenvalue weighted by Crippen LogP contribution is -2.35. The van der Waals surface area contributed by atoms with Gasteiger partial charge in [-0.2, -0.15) is 0 Å². The Bertz CT molecular complexity index is 163. The van der Waals surface area contributed by atoms with E-state index in [2.05, 4.69) is 24.5 Å². The summed E-state index contributed by atoms with van der Waals surface area (Å²) in [4.78, 5) is 0. The third-order valence-corrected chi connectivity index (χ3v) is 3.47. The normalized spacial score (nSPS) is 38.5. The van der Waals surface area contributed by atoms with E-state index in [-0.39, 0.29) is 0 Å². The summed E-state index contributed by atoms with van der Waals surface area (Å²) in [5.41, 5.74) is 0.516. The predicted molar refractivity (Wildman–Crippen MR) is 51.2 cm³/mol. The van der Waals surface area contributed by atoms with E-state index in [9.17, 15) is 0 Å². The average molecular weight is 168 g/mol. The first-order chi connectivity index (χ1) is 5.70. The zero-order chi connectivity index (χ0) is 8.60. The maximum atomic E-state index is 3.67. The molecule has 1 saturated heterocycles. The SMILES string of the molecule is CC1CNCC1CNC1(C)CC1. The summed E-state index contributed by atoms with van der Waals surface area (Å²) in [6, 6.07) is 0. The second-order valence-electron chi connectivity index (χ2n) is 4.84. The van der Waals surface area contributed by atoms with Gasteiger partial charge in [-0.05, 0) is 51.2 Å². The van der Waals surface area contributed by atoms with Crippen molar-refractivity contribution in [3.05, 3.63) is 0 Å². The van der Waals surface area contributed by atoms with Crippen LogP contribution in [0.1, 0.15) is 26.7 Å². The van der Waals surface area contributed by atoms with Crippen molar-refractivity contribution in [3.8, 4) is 0 Å². The van der Waals surface area contributed by atoms with Crippen LogP contribution in [0.4, 0.5) is 0 Å². The van der Waals surface area contributed by atoms with Crippen LogP contribution in [0.15, 0.2) is 0 Å². The van der Waals surface area contributed by atoms with E-state index in [1.165, 1.54) is 32.5 Å². The summed E-state index contributed by atoms with van der Waals surface area (Å²) in [6.07, 6.45) is 2.75. The second kappa shape index (κ2) is 3.00. The van der Waals surface area contributed by atoms with Gasteiger partial charge in [-0.1, -0.05) is 6.92 Å². The molecule has 2 heteroatoms. The van der Waals surface area contributed by atoms with Crippen molar-refractivity contribution in [1.29, 1.82) is 0 Å². The summed E-state index contributed by atoms with van der Waals surface area (Å²) < 4.78 is 0. The Hall–Kier alpha value is -0.0800. The van der Waals surface area contributed by atoms with Gasteiger partial charge in [0.1, 0.15) is 0 Å². The zero-order valence-corrected chi connectivity index (χ0v) is 8.19. The fraction of sp³-hybridized carbons (Fsp3) is 1.00. The molecule has 12 heavy (non-hydrogen) atoms. The minimum atomic E-state index is 0.516. The number of hydrogen-bond donors (Lipinski definition) is 2. The largest absolute Gasteiger partial charge is 0.316 e. The van der Waals surface area contributed by atoms with Crippen LogP contribution in [0.5, 0.6) is 0 Å². The first kappa shape index (κ1) is 8.52. The Kier molecular flexibility index (Phi) is 2.13. The van der Waals surface area contributed by atoms with E-state index in [1.807, 2.05) is 0 Å². The molecule has 0 aromatic carbocycles. The topological polar surface area (TPSA) is 24.1 Å². The van der Waals surface area contributed by atoms with Gasteiger partial charge in [0, 0.05) is 5.54 Å². The summed E-state index contributed by atoms with van der Waals surface area (Å²) in [5.74, 6) is 1.72. The molecule has 2 nitrogen and oxygen atoms in total. The molecule has 2 fully saturated rings. The molecule has 0 aromatic rings. The Morgan fingerprint density at radius 3 is 2.67 bits per heavy atom. The van der Waals surface area contributed by atoms with E-state index in [0.717, 1.165) is 11.8 Å². The highest BCUT2D eigenvalue weighted by Gasteiger charge is 2.37. The van der Waals surface area contributed by atoms with Crippen molar-refractivity contribution < 1.29 is 0 Å². The molecule has 0 radical (unpaired) electrons. The average Bonchev–Trinajstić information content (AvgIpc) is 2.61. The van der Waals surface area contributed by atoms with Crippen LogP contribution in [0, 0.1) is 11.8 Å². The smallest absolute Gasteiger partial charge is 0.0154 e. The van der Waals surface area contributed by atoms with E-state index >= 15 is 0 Å². The first-order valence-corrected chi connectivity index (χ1v) is 5.15. The van der Waals surface area contributed by atoms with Crippen LogP contribution < -0.4 is 10.6 Å². The first-order valence-electron chi connectivity index (χ1n) is 5.15. The van der Waals surface area contributed by atoms with Gasteiger partial charge in [0.25, 0.3) is 0 Å². The number of hydrogen-bond acceptors (Lipinski definition) is 2. The van der Waals surface area contributed by atoms with Crippen LogP contribution in [-0.4, -0.2) is 25.2 Å². The standard InChI is InChI=1S/C10H20N2/c1-8-5-11-6-9(8)7-12-10(2)3-4-10/h8-9,11-12H,3-7H2,1-2H3. The molecule has 2 aliphatic rings. The number of rotatable bonds is 3. The lowest BCUT2D eigenvalue weighted by Gasteiger charge is -2.18. The molecule has 0 bridgehead atoms. The Balaban J connectivity index is 1.72. The molecule has 0 aromatic heterocycles. The van der Waals surface area contributed by atoms with Crippen LogP contribution >= 0.6 is 0 Å².